The molecule has 1 aromatic rings. The molecule has 1 aliphatic heterocycles. The van der Waals surface area contributed by atoms with Gasteiger partial charge >= 0.3 is 0 Å². The van der Waals surface area contributed by atoms with Crippen LogP contribution in [0.1, 0.15) is 31.2 Å². The van der Waals surface area contributed by atoms with Crippen molar-refractivity contribution in [2.75, 3.05) is 20.1 Å². The molecule has 2 rings (SSSR count). The van der Waals surface area contributed by atoms with Crippen LogP contribution < -0.4 is 11.1 Å². The van der Waals surface area contributed by atoms with Gasteiger partial charge in [-0.1, -0.05) is 35.5 Å². The van der Waals surface area contributed by atoms with Crippen LogP contribution in [0.5, 0.6) is 0 Å². The van der Waals surface area contributed by atoms with E-state index in [0.29, 0.717) is 18.6 Å². The predicted molar refractivity (Wildman–Crippen MR) is 85.7 cm³/mol. The van der Waals surface area contributed by atoms with Crippen molar-refractivity contribution in [3.8, 4) is 0 Å². The summed E-state index contributed by atoms with van der Waals surface area (Å²) in [6.45, 7) is 4.06. The quantitative estimate of drug-likeness (QED) is 0.333. The van der Waals surface area contributed by atoms with E-state index in [0.717, 1.165) is 24.9 Å². The van der Waals surface area contributed by atoms with Crippen molar-refractivity contribution in [2.24, 2.45) is 10.9 Å². The molecule has 0 aliphatic carbocycles. The van der Waals surface area contributed by atoms with Gasteiger partial charge < -0.3 is 21.2 Å². The minimum Gasteiger partial charge on any atom is -0.409 e. The van der Waals surface area contributed by atoms with Crippen LogP contribution in [-0.4, -0.2) is 48.2 Å². The molecule has 3 atom stereocenters. The fourth-order valence-corrected chi connectivity index (χ4v) is 2.91. The van der Waals surface area contributed by atoms with Gasteiger partial charge in [-0.15, -0.1) is 0 Å². The van der Waals surface area contributed by atoms with E-state index in [2.05, 4.69) is 29.3 Å². The molecule has 1 saturated heterocycles. The summed E-state index contributed by atoms with van der Waals surface area (Å²) in [7, 11) is 2.17. The van der Waals surface area contributed by atoms with Crippen molar-refractivity contribution < 1.29 is 5.21 Å². The monoisotopic (exact) mass is 290 g/mol. The third-order valence-electron chi connectivity index (χ3n) is 4.49. The van der Waals surface area contributed by atoms with Gasteiger partial charge in [0.1, 0.15) is 5.84 Å². The van der Waals surface area contributed by atoms with Crippen LogP contribution >= 0.6 is 0 Å². The zero-order chi connectivity index (χ0) is 15.2. The van der Waals surface area contributed by atoms with Crippen LogP contribution in [0, 0.1) is 0 Å². The van der Waals surface area contributed by atoms with Crippen LogP contribution in [-0.2, 0) is 0 Å². The van der Waals surface area contributed by atoms with E-state index in [4.69, 9.17) is 10.9 Å². The van der Waals surface area contributed by atoms with Crippen molar-refractivity contribution in [1.29, 1.82) is 0 Å². The molecule has 4 N–H and O–H groups in total. The van der Waals surface area contributed by atoms with Gasteiger partial charge in [-0.05, 0) is 38.9 Å². The van der Waals surface area contributed by atoms with E-state index in [1.54, 1.807) is 0 Å². The van der Waals surface area contributed by atoms with Crippen molar-refractivity contribution in [3.63, 3.8) is 0 Å². The highest BCUT2D eigenvalue weighted by molar-refractivity contribution is 5.87. The Morgan fingerprint density at radius 1 is 1.48 bits per heavy atom. The van der Waals surface area contributed by atoms with Crippen molar-refractivity contribution >= 4 is 5.84 Å². The average Bonchev–Trinajstić information content (AvgIpc) is 2.51. The summed E-state index contributed by atoms with van der Waals surface area (Å²) in [4.78, 5) is 2.39. The second-order valence-corrected chi connectivity index (χ2v) is 5.95. The normalized spacial score (nSPS) is 25.7. The van der Waals surface area contributed by atoms with Crippen molar-refractivity contribution in [3.05, 3.63) is 35.9 Å². The molecule has 1 heterocycles. The number of likely N-dealkylation sites (tertiary alicyclic amines) is 1. The molecular weight excluding hydrogens is 264 g/mol. The lowest BCUT2D eigenvalue weighted by Crippen LogP contribution is -2.47. The van der Waals surface area contributed by atoms with Gasteiger partial charge in [0.2, 0.25) is 0 Å². The molecule has 1 fully saturated rings. The predicted octanol–water partition coefficient (Wildman–Crippen LogP) is 1.59. The van der Waals surface area contributed by atoms with E-state index in [1.165, 1.54) is 0 Å². The maximum atomic E-state index is 9.01. The number of hydrogen-bond acceptors (Lipinski definition) is 4. The molecule has 116 valence electrons. The van der Waals surface area contributed by atoms with E-state index in [9.17, 15) is 0 Å². The third kappa shape index (κ3) is 4.19. The molecule has 0 aromatic heterocycles. The van der Waals surface area contributed by atoms with E-state index >= 15 is 0 Å². The summed E-state index contributed by atoms with van der Waals surface area (Å²) in [5.41, 5.74) is 6.94. The lowest BCUT2D eigenvalue weighted by atomic mass is 9.95. The molecule has 1 aromatic carbocycles. The number of benzene rings is 1. The van der Waals surface area contributed by atoms with Gasteiger partial charge in [0.25, 0.3) is 0 Å². The highest BCUT2D eigenvalue weighted by Gasteiger charge is 2.24. The highest BCUT2D eigenvalue weighted by atomic mass is 16.4. The average molecular weight is 290 g/mol. The fourth-order valence-electron chi connectivity index (χ4n) is 2.91. The van der Waals surface area contributed by atoms with E-state index in [1.807, 2.05) is 30.3 Å². The zero-order valence-corrected chi connectivity index (χ0v) is 12.9. The van der Waals surface area contributed by atoms with Gasteiger partial charge in [-0.3, -0.25) is 0 Å². The zero-order valence-electron chi connectivity index (χ0n) is 12.9. The fraction of sp³-hybridized carbons (Fsp3) is 0.562. The molecule has 5 heteroatoms. The Morgan fingerprint density at radius 3 is 2.81 bits per heavy atom. The standard InChI is InChI=1S/C16H26N4O/c1-12-10-14(8-9-20(12)2)18-11-15(16(17)19-21)13-6-4-3-5-7-13/h3-7,12,14-15,18,21H,8-11H2,1-2H3,(H2,17,19). The third-order valence-corrected chi connectivity index (χ3v) is 4.49. The van der Waals surface area contributed by atoms with Crippen LogP contribution in [0.25, 0.3) is 0 Å². The molecule has 21 heavy (non-hydrogen) atoms. The molecule has 0 saturated carbocycles. The number of nitrogens with zero attached hydrogens (tertiary/aromatic N) is 2. The number of oxime groups is 1. The highest BCUT2D eigenvalue weighted by Crippen LogP contribution is 2.18. The minimum absolute atomic E-state index is 0.0915. The van der Waals surface area contributed by atoms with Gasteiger partial charge in [0.15, 0.2) is 0 Å². The summed E-state index contributed by atoms with van der Waals surface area (Å²) in [6, 6.07) is 11.0. The first-order valence-corrected chi connectivity index (χ1v) is 7.57. The van der Waals surface area contributed by atoms with Gasteiger partial charge in [0, 0.05) is 18.6 Å². The van der Waals surface area contributed by atoms with Crippen LogP contribution in [0.3, 0.4) is 0 Å². The molecule has 1 aliphatic rings. The van der Waals surface area contributed by atoms with Crippen LogP contribution in [0.15, 0.2) is 35.5 Å². The summed E-state index contributed by atoms with van der Waals surface area (Å²) < 4.78 is 0. The number of rotatable bonds is 5. The molecule has 0 spiro atoms. The maximum Gasteiger partial charge on any atom is 0.147 e. The van der Waals surface area contributed by atoms with Crippen LogP contribution in [0.2, 0.25) is 0 Å². The summed E-state index contributed by atoms with van der Waals surface area (Å²) in [6.07, 6.45) is 2.27. The van der Waals surface area contributed by atoms with E-state index < -0.39 is 0 Å². The number of hydrogen-bond donors (Lipinski definition) is 3. The Morgan fingerprint density at radius 2 is 2.19 bits per heavy atom. The first-order chi connectivity index (χ1) is 10.1. The SMILES string of the molecule is CC1CC(NCC(/C(N)=N/O)c2ccccc2)CCN1C. The Bertz CT molecular complexity index is 463. The van der Waals surface area contributed by atoms with E-state index in [-0.39, 0.29) is 11.8 Å². The van der Waals surface area contributed by atoms with Gasteiger partial charge in [0.05, 0.1) is 5.92 Å². The lowest BCUT2D eigenvalue weighted by Gasteiger charge is -2.36. The Balaban J connectivity index is 1.97. The smallest absolute Gasteiger partial charge is 0.147 e. The topological polar surface area (TPSA) is 73.9 Å². The van der Waals surface area contributed by atoms with Crippen molar-refractivity contribution in [2.45, 2.75) is 37.8 Å². The number of nitrogens with two attached hydrogens (primary N) is 1. The summed E-state index contributed by atoms with van der Waals surface area (Å²) in [5, 5.41) is 15.8. The van der Waals surface area contributed by atoms with Crippen LogP contribution in [0.4, 0.5) is 0 Å². The number of piperidine rings is 1. The Kier molecular flexibility index (Phi) is 5.59. The maximum absolute atomic E-state index is 9.01. The molecule has 0 radical (unpaired) electrons. The summed E-state index contributed by atoms with van der Waals surface area (Å²) in [5.74, 6) is 0.167. The lowest BCUT2D eigenvalue weighted by molar-refractivity contribution is 0.168. The molecular formula is C16H26N4O. The second kappa shape index (κ2) is 7.43. The molecule has 3 unspecified atom stereocenters. The van der Waals surface area contributed by atoms with Crippen molar-refractivity contribution in [1.82, 2.24) is 10.2 Å². The van der Waals surface area contributed by atoms with Gasteiger partial charge in [-0.25, -0.2) is 0 Å². The number of amidine groups is 1. The Labute approximate surface area is 126 Å². The molecule has 0 bridgehead atoms. The minimum atomic E-state index is -0.0915. The number of nitrogens with one attached hydrogen (secondary N) is 1. The Hall–Kier alpha value is -1.59. The molecule has 5 nitrogen and oxygen atoms in total. The summed E-state index contributed by atoms with van der Waals surface area (Å²) >= 11 is 0. The first-order valence-electron chi connectivity index (χ1n) is 7.57. The van der Waals surface area contributed by atoms with Gasteiger partial charge in [-0.2, -0.15) is 0 Å². The second-order valence-electron chi connectivity index (χ2n) is 5.95. The molecule has 0 amide bonds. The first kappa shape index (κ1) is 15.8. The largest absolute Gasteiger partial charge is 0.409 e.